The van der Waals surface area contributed by atoms with Gasteiger partial charge in [-0.1, -0.05) is 18.2 Å². The highest BCUT2D eigenvalue weighted by molar-refractivity contribution is 6.11. The van der Waals surface area contributed by atoms with Crippen molar-refractivity contribution >= 4 is 22.5 Å². The molecule has 1 saturated carbocycles. The van der Waals surface area contributed by atoms with Gasteiger partial charge < -0.3 is 19.5 Å². The van der Waals surface area contributed by atoms with Crippen LogP contribution >= 0.6 is 0 Å². The number of ether oxygens (including phenoxy) is 3. The van der Waals surface area contributed by atoms with Gasteiger partial charge in [-0.05, 0) is 92.2 Å². The van der Waals surface area contributed by atoms with Gasteiger partial charge in [-0.2, -0.15) is 0 Å². The predicted molar refractivity (Wildman–Crippen MR) is 161 cm³/mol. The van der Waals surface area contributed by atoms with Crippen LogP contribution in [0.5, 0.6) is 23.0 Å². The van der Waals surface area contributed by atoms with Crippen molar-refractivity contribution in [3.63, 3.8) is 0 Å². The first-order valence-corrected chi connectivity index (χ1v) is 14.9. The van der Waals surface area contributed by atoms with E-state index in [4.69, 9.17) is 14.2 Å². The summed E-state index contributed by atoms with van der Waals surface area (Å²) in [6.45, 7) is 2.56. The molecule has 2 aliphatic rings. The molecule has 228 valence electrons. The number of pyridine rings is 1. The molecule has 4 aromatic rings. The molecule has 2 fully saturated rings. The number of fused-ring (bicyclic) bond motifs is 1. The third-order valence-corrected chi connectivity index (χ3v) is 8.60. The van der Waals surface area contributed by atoms with E-state index < -0.39 is 11.2 Å². The Morgan fingerprint density at radius 2 is 1.57 bits per heavy atom. The number of rotatable bonds is 12. The van der Waals surface area contributed by atoms with Crippen LogP contribution in [0.25, 0.3) is 10.9 Å². The van der Waals surface area contributed by atoms with E-state index in [1.165, 1.54) is 24.3 Å². The number of nitrogens with one attached hydrogen (secondary N) is 1. The number of aromatic nitrogens is 1. The van der Waals surface area contributed by atoms with Gasteiger partial charge in [0, 0.05) is 30.5 Å². The molecule has 1 aliphatic heterocycles. The van der Waals surface area contributed by atoms with Crippen molar-refractivity contribution < 1.29 is 32.6 Å². The molecule has 1 N–H and O–H groups in total. The number of halogens is 2. The summed E-state index contributed by atoms with van der Waals surface area (Å²) in [6.07, 6.45) is 4.63. The Morgan fingerprint density at radius 3 is 2.25 bits per heavy atom. The van der Waals surface area contributed by atoms with E-state index in [2.05, 4.69) is 10.3 Å². The third-order valence-electron chi connectivity index (χ3n) is 8.60. The number of hydrogen-bond donors (Lipinski definition) is 1. The van der Waals surface area contributed by atoms with Crippen LogP contribution in [0.2, 0.25) is 0 Å². The second-order valence-corrected chi connectivity index (χ2v) is 11.6. The molecule has 9 heteroatoms. The molecule has 0 atom stereocenters. The number of carbonyl (C=O) groups is 2. The minimum Gasteiger partial charge on any atom is -0.493 e. The smallest absolute Gasteiger partial charge is 0.166 e. The molecule has 1 aromatic heterocycles. The monoisotopic (exact) mass is 600 g/mol. The highest BCUT2D eigenvalue weighted by Gasteiger charge is 2.54. The third kappa shape index (κ3) is 6.43. The first kappa shape index (κ1) is 29.7. The van der Waals surface area contributed by atoms with E-state index >= 15 is 4.39 Å². The maximum atomic E-state index is 15.3. The van der Waals surface area contributed by atoms with Crippen molar-refractivity contribution in [2.45, 2.75) is 38.5 Å². The van der Waals surface area contributed by atoms with Gasteiger partial charge in [0.15, 0.2) is 34.6 Å². The van der Waals surface area contributed by atoms with Crippen LogP contribution in [-0.2, 0) is 22.4 Å². The van der Waals surface area contributed by atoms with Gasteiger partial charge in [0.05, 0.1) is 24.6 Å². The Labute approximate surface area is 254 Å². The molecule has 44 heavy (non-hydrogen) atoms. The molecule has 0 bridgehead atoms. The quantitative estimate of drug-likeness (QED) is 0.189. The van der Waals surface area contributed by atoms with Crippen LogP contribution in [0.3, 0.4) is 0 Å². The molecule has 2 heterocycles. The van der Waals surface area contributed by atoms with Crippen molar-refractivity contribution in [3.8, 4) is 23.0 Å². The molecular weight excluding hydrogens is 566 g/mol. The summed E-state index contributed by atoms with van der Waals surface area (Å²) in [6, 6.07) is 15.3. The number of hydrogen-bond acceptors (Lipinski definition) is 7. The normalized spacial score (nSPS) is 16.0. The minimum atomic E-state index is -1.05. The summed E-state index contributed by atoms with van der Waals surface area (Å²) < 4.78 is 46.2. The number of nitrogens with zero attached hydrogens (tertiary/aromatic N) is 1. The Morgan fingerprint density at radius 1 is 0.864 bits per heavy atom. The van der Waals surface area contributed by atoms with Crippen molar-refractivity contribution in [1.82, 2.24) is 10.3 Å². The van der Waals surface area contributed by atoms with Gasteiger partial charge in [0.2, 0.25) is 0 Å². The van der Waals surface area contributed by atoms with Gasteiger partial charge in [-0.25, -0.2) is 8.78 Å². The first-order chi connectivity index (χ1) is 21.3. The Bertz CT molecular complexity index is 1680. The lowest BCUT2D eigenvalue weighted by Gasteiger charge is -2.23. The molecule has 0 unspecified atom stereocenters. The van der Waals surface area contributed by atoms with E-state index in [1.54, 1.807) is 49.7 Å². The van der Waals surface area contributed by atoms with E-state index in [0.717, 1.165) is 25.9 Å². The summed E-state index contributed by atoms with van der Waals surface area (Å²) in [5.74, 6) is 0.546. The number of methoxy groups -OCH3 is 1. The number of carbonyl (C=O) groups excluding carboxylic acids is 2. The fourth-order valence-corrected chi connectivity index (χ4v) is 5.75. The lowest BCUT2D eigenvalue weighted by Crippen LogP contribution is -2.30. The van der Waals surface area contributed by atoms with E-state index in [1.807, 2.05) is 0 Å². The average Bonchev–Trinajstić information content (AvgIpc) is 3.85. The molecular formula is C35H34F2N2O5. The van der Waals surface area contributed by atoms with Crippen molar-refractivity contribution in [3.05, 3.63) is 89.6 Å². The molecule has 6 rings (SSSR count). The topological polar surface area (TPSA) is 86.8 Å². The van der Waals surface area contributed by atoms with E-state index in [0.29, 0.717) is 64.6 Å². The highest BCUT2D eigenvalue weighted by Crippen LogP contribution is 2.49. The van der Waals surface area contributed by atoms with Gasteiger partial charge >= 0.3 is 0 Å². The Balaban J connectivity index is 1.14. The van der Waals surface area contributed by atoms with Crippen molar-refractivity contribution in [2.75, 3.05) is 26.8 Å². The van der Waals surface area contributed by atoms with Crippen LogP contribution in [0.1, 0.15) is 36.8 Å². The fourth-order valence-electron chi connectivity index (χ4n) is 5.75. The predicted octanol–water partition coefficient (Wildman–Crippen LogP) is 6.40. The minimum absolute atomic E-state index is 0.00702. The summed E-state index contributed by atoms with van der Waals surface area (Å²) >= 11 is 0. The summed E-state index contributed by atoms with van der Waals surface area (Å²) in [5.41, 5.74) is 0.680. The van der Waals surface area contributed by atoms with Crippen LogP contribution in [0.15, 0.2) is 66.9 Å². The van der Waals surface area contributed by atoms with Crippen LogP contribution < -0.4 is 19.5 Å². The van der Waals surface area contributed by atoms with Crippen molar-refractivity contribution in [1.29, 1.82) is 0 Å². The first-order valence-electron chi connectivity index (χ1n) is 14.9. The van der Waals surface area contributed by atoms with Gasteiger partial charge in [-0.15, -0.1) is 0 Å². The zero-order chi connectivity index (χ0) is 30.7. The van der Waals surface area contributed by atoms with Crippen LogP contribution in [0.4, 0.5) is 8.78 Å². The van der Waals surface area contributed by atoms with E-state index in [-0.39, 0.29) is 36.0 Å². The molecule has 0 radical (unpaired) electrons. The molecule has 1 saturated heterocycles. The zero-order valence-electron chi connectivity index (χ0n) is 24.5. The maximum absolute atomic E-state index is 15.3. The molecule has 0 spiro atoms. The van der Waals surface area contributed by atoms with Crippen LogP contribution in [0, 0.1) is 23.0 Å². The van der Waals surface area contributed by atoms with E-state index in [9.17, 15) is 14.0 Å². The second kappa shape index (κ2) is 12.7. The SMILES string of the molecule is COc1cc2c(Oc3ccc(CC(=O)C4(C(=O)Cc5ccc(F)cc5)CC4)cc3F)ccnc2cc1OCC1CCNCC1. The number of Topliss-reactive ketones (excluding diaryl/α,β-unsaturated/α-hetero) is 2. The van der Waals surface area contributed by atoms with Gasteiger partial charge in [-0.3, -0.25) is 14.6 Å². The number of benzene rings is 3. The zero-order valence-corrected chi connectivity index (χ0v) is 24.5. The summed E-state index contributed by atoms with van der Waals surface area (Å²) in [7, 11) is 1.57. The van der Waals surface area contributed by atoms with Gasteiger partial charge in [0.1, 0.15) is 11.6 Å². The molecule has 7 nitrogen and oxygen atoms in total. The fraction of sp³-hybridized carbons (Fsp3) is 0.343. The van der Waals surface area contributed by atoms with Crippen molar-refractivity contribution in [2.24, 2.45) is 11.3 Å². The number of ketones is 2. The Hall–Kier alpha value is -4.37. The summed E-state index contributed by atoms with van der Waals surface area (Å²) in [4.78, 5) is 30.6. The second-order valence-electron chi connectivity index (χ2n) is 11.6. The molecule has 0 amide bonds. The van der Waals surface area contributed by atoms with Crippen LogP contribution in [-0.4, -0.2) is 43.4 Å². The molecule has 1 aliphatic carbocycles. The highest BCUT2D eigenvalue weighted by atomic mass is 19.1. The average molecular weight is 601 g/mol. The Kier molecular flexibility index (Phi) is 8.57. The number of piperidine rings is 1. The standard InChI is InChI=1S/C35H34F2N2O5/c1-42-31-19-26-28(20-32(31)43-21-23-8-13-38-14-9-23)39-15-10-29(26)44-30-7-4-24(16-27(30)37)18-34(41)35(11-12-35)33(40)17-22-2-5-25(36)6-3-22/h2-7,10,15-16,19-20,23,38H,8-9,11-14,17-18,21H2,1H3. The lowest BCUT2D eigenvalue weighted by molar-refractivity contribution is -0.133. The largest absolute Gasteiger partial charge is 0.493 e. The van der Waals surface area contributed by atoms with Gasteiger partial charge in [0.25, 0.3) is 0 Å². The molecule has 3 aromatic carbocycles. The lowest BCUT2D eigenvalue weighted by atomic mass is 9.88. The summed E-state index contributed by atoms with van der Waals surface area (Å²) in [5, 5.41) is 3.99. The maximum Gasteiger partial charge on any atom is 0.166 e.